The van der Waals surface area contributed by atoms with Gasteiger partial charge in [-0.15, -0.1) is 0 Å². The Morgan fingerprint density at radius 3 is 2.56 bits per heavy atom. The Morgan fingerprint density at radius 1 is 1.30 bits per heavy atom. The van der Waals surface area contributed by atoms with E-state index in [0.29, 0.717) is 36.5 Å². The van der Waals surface area contributed by atoms with E-state index in [2.05, 4.69) is 15.5 Å². The van der Waals surface area contributed by atoms with Gasteiger partial charge in [-0.2, -0.15) is 5.10 Å². The predicted molar refractivity (Wildman–Crippen MR) is 104 cm³/mol. The molecule has 0 aliphatic carbocycles. The van der Waals surface area contributed by atoms with Gasteiger partial charge in [0.15, 0.2) is 10.6 Å². The van der Waals surface area contributed by atoms with Crippen molar-refractivity contribution in [2.24, 2.45) is 13.0 Å². The second-order valence-electron chi connectivity index (χ2n) is 6.64. The van der Waals surface area contributed by atoms with Crippen molar-refractivity contribution >= 4 is 28.1 Å². The van der Waals surface area contributed by atoms with Crippen molar-refractivity contribution < 1.29 is 13.2 Å². The quantitative estimate of drug-likeness (QED) is 0.701. The highest BCUT2D eigenvalue weighted by Gasteiger charge is 2.31. The number of aromatic amines is 1. The van der Waals surface area contributed by atoms with Crippen molar-refractivity contribution in [3.05, 3.63) is 46.5 Å². The van der Waals surface area contributed by atoms with E-state index >= 15 is 0 Å². The summed E-state index contributed by atoms with van der Waals surface area (Å²) in [6, 6.07) is 9.13. The Kier molecular flexibility index (Phi) is 6.08. The van der Waals surface area contributed by atoms with Crippen LogP contribution in [0, 0.1) is 10.7 Å². The standard InChI is InChI=1S/C17H23N5O3S2/c1-21-15(19-20-17(21)26)11-18-16(23)14-7-9-22(10-8-14)27(24,25)12-13-5-3-2-4-6-13/h2-6,14H,7-12H2,1H3,(H,18,23)(H,20,26). The van der Waals surface area contributed by atoms with Crippen LogP contribution in [0.1, 0.15) is 24.2 Å². The number of benzene rings is 1. The summed E-state index contributed by atoms with van der Waals surface area (Å²) >= 11 is 5.04. The molecule has 1 amide bonds. The van der Waals surface area contributed by atoms with E-state index in [1.807, 2.05) is 18.2 Å². The largest absolute Gasteiger partial charge is 0.349 e. The van der Waals surface area contributed by atoms with E-state index in [4.69, 9.17) is 12.2 Å². The molecule has 1 aliphatic rings. The number of hydrogen-bond donors (Lipinski definition) is 2. The molecular weight excluding hydrogens is 386 g/mol. The number of nitrogens with one attached hydrogen (secondary N) is 2. The third kappa shape index (κ3) is 4.82. The number of carbonyl (C=O) groups excluding carboxylic acids is 1. The molecule has 27 heavy (non-hydrogen) atoms. The van der Waals surface area contributed by atoms with E-state index in [0.717, 1.165) is 5.56 Å². The van der Waals surface area contributed by atoms with Crippen molar-refractivity contribution in [2.75, 3.05) is 13.1 Å². The molecule has 0 bridgehead atoms. The number of carbonyl (C=O) groups is 1. The fourth-order valence-electron chi connectivity index (χ4n) is 3.12. The van der Waals surface area contributed by atoms with Gasteiger partial charge in [-0.25, -0.2) is 12.7 Å². The number of H-pyrrole nitrogens is 1. The summed E-state index contributed by atoms with van der Waals surface area (Å²) in [6.45, 7) is 1.01. The Labute approximate surface area is 163 Å². The van der Waals surface area contributed by atoms with Crippen LogP contribution in [-0.4, -0.2) is 46.5 Å². The Balaban J connectivity index is 1.51. The summed E-state index contributed by atoms with van der Waals surface area (Å²) < 4.78 is 28.9. The van der Waals surface area contributed by atoms with Crippen LogP contribution in [0.15, 0.2) is 30.3 Å². The van der Waals surface area contributed by atoms with Crippen molar-refractivity contribution in [3.63, 3.8) is 0 Å². The molecule has 1 aliphatic heterocycles. The van der Waals surface area contributed by atoms with Crippen LogP contribution < -0.4 is 5.32 Å². The number of nitrogens with zero attached hydrogens (tertiary/aromatic N) is 3. The lowest BCUT2D eigenvalue weighted by atomic mass is 9.97. The lowest BCUT2D eigenvalue weighted by Crippen LogP contribution is -2.43. The first-order valence-electron chi connectivity index (χ1n) is 8.76. The smallest absolute Gasteiger partial charge is 0.223 e. The van der Waals surface area contributed by atoms with Gasteiger partial charge in [0, 0.05) is 26.1 Å². The maximum atomic E-state index is 12.6. The minimum absolute atomic E-state index is 0.0101. The van der Waals surface area contributed by atoms with Crippen LogP contribution in [0.2, 0.25) is 0 Å². The first kappa shape index (κ1) is 19.7. The molecule has 10 heteroatoms. The first-order valence-corrected chi connectivity index (χ1v) is 10.8. The summed E-state index contributed by atoms with van der Waals surface area (Å²) in [4.78, 5) is 12.4. The van der Waals surface area contributed by atoms with Gasteiger partial charge in [0.05, 0.1) is 12.3 Å². The molecule has 0 atom stereocenters. The van der Waals surface area contributed by atoms with E-state index in [-0.39, 0.29) is 24.1 Å². The van der Waals surface area contributed by atoms with Gasteiger partial charge >= 0.3 is 0 Å². The van der Waals surface area contributed by atoms with Crippen LogP contribution in [0.25, 0.3) is 0 Å². The zero-order valence-electron chi connectivity index (χ0n) is 15.1. The summed E-state index contributed by atoms with van der Waals surface area (Å²) in [5, 5.41) is 9.59. The summed E-state index contributed by atoms with van der Waals surface area (Å²) in [5.41, 5.74) is 0.769. The van der Waals surface area contributed by atoms with Crippen LogP contribution in [0.3, 0.4) is 0 Å². The second-order valence-corrected chi connectivity index (χ2v) is 8.99. The molecule has 0 radical (unpaired) electrons. The fraction of sp³-hybridized carbons (Fsp3) is 0.471. The third-order valence-electron chi connectivity index (χ3n) is 4.80. The topological polar surface area (TPSA) is 100 Å². The molecule has 1 aromatic carbocycles. The van der Waals surface area contributed by atoms with Crippen LogP contribution in [0.4, 0.5) is 0 Å². The molecule has 1 saturated heterocycles. The summed E-state index contributed by atoms with van der Waals surface area (Å²) in [7, 11) is -1.59. The maximum absolute atomic E-state index is 12.6. The molecule has 3 rings (SSSR count). The highest BCUT2D eigenvalue weighted by molar-refractivity contribution is 7.88. The van der Waals surface area contributed by atoms with Crippen molar-refractivity contribution in [3.8, 4) is 0 Å². The molecular formula is C17H23N5O3S2. The minimum atomic E-state index is -3.37. The van der Waals surface area contributed by atoms with Crippen LogP contribution in [-0.2, 0) is 34.2 Å². The number of aromatic nitrogens is 3. The minimum Gasteiger partial charge on any atom is -0.349 e. The van der Waals surface area contributed by atoms with Gasteiger partial charge in [-0.05, 0) is 30.6 Å². The highest BCUT2D eigenvalue weighted by Crippen LogP contribution is 2.22. The lowest BCUT2D eigenvalue weighted by Gasteiger charge is -2.30. The lowest BCUT2D eigenvalue weighted by molar-refractivity contribution is -0.126. The van der Waals surface area contributed by atoms with Gasteiger partial charge in [-0.1, -0.05) is 30.3 Å². The van der Waals surface area contributed by atoms with Crippen molar-refractivity contribution in [1.29, 1.82) is 0 Å². The molecule has 0 unspecified atom stereocenters. The average Bonchev–Trinajstić information content (AvgIpc) is 2.98. The normalized spacial score (nSPS) is 16.3. The number of rotatable bonds is 6. The number of sulfonamides is 1. The summed E-state index contributed by atoms with van der Waals surface area (Å²) in [6.07, 6.45) is 1.03. The Bertz CT molecular complexity index is 944. The monoisotopic (exact) mass is 409 g/mol. The fourth-order valence-corrected chi connectivity index (χ4v) is 4.83. The molecule has 2 aromatic rings. The zero-order chi connectivity index (χ0) is 19.4. The van der Waals surface area contributed by atoms with Gasteiger partial charge in [0.2, 0.25) is 15.9 Å². The van der Waals surface area contributed by atoms with Crippen LogP contribution in [0.5, 0.6) is 0 Å². The van der Waals surface area contributed by atoms with E-state index in [9.17, 15) is 13.2 Å². The van der Waals surface area contributed by atoms with Gasteiger partial charge in [0.1, 0.15) is 0 Å². The molecule has 2 N–H and O–H groups in total. The molecule has 0 saturated carbocycles. The van der Waals surface area contributed by atoms with E-state index in [1.165, 1.54) is 4.31 Å². The van der Waals surface area contributed by atoms with Gasteiger partial charge < -0.3 is 9.88 Å². The molecule has 146 valence electrons. The molecule has 0 spiro atoms. The molecule has 8 nitrogen and oxygen atoms in total. The van der Waals surface area contributed by atoms with Gasteiger partial charge in [0.25, 0.3) is 0 Å². The maximum Gasteiger partial charge on any atom is 0.223 e. The first-order chi connectivity index (χ1) is 12.9. The Hall–Kier alpha value is -2.04. The van der Waals surface area contributed by atoms with Crippen molar-refractivity contribution in [2.45, 2.75) is 25.1 Å². The zero-order valence-corrected chi connectivity index (χ0v) is 16.7. The molecule has 1 aromatic heterocycles. The highest BCUT2D eigenvalue weighted by atomic mass is 32.2. The number of amides is 1. The SMILES string of the molecule is Cn1c(CNC(=O)C2CCN(S(=O)(=O)Cc3ccccc3)CC2)n[nH]c1=S. The average molecular weight is 410 g/mol. The number of piperidine rings is 1. The number of hydrogen-bond acceptors (Lipinski definition) is 5. The van der Waals surface area contributed by atoms with Crippen LogP contribution >= 0.6 is 12.2 Å². The molecule has 1 fully saturated rings. The predicted octanol–water partition coefficient (Wildman–Crippen LogP) is 1.34. The second kappa shape index (κ2) is 8.32. The van der Waals surface area contributed by atoms with Crippen molar-refractivity contribution in [1.82, 2.24) is 24.4 Å². The van der Waals surface area contributed by atoms with E-state index in [1.54, 1.807) is 23.7 Å². The van der Waals surface area contributed by atoms with E-state index < -0.39 is 10.0 Å². The third-order valence-corrected chi connectivity index (χ3v) is 7.02. The summed E-state index contributed by atoms with van der Waals surface area (Å²) in [5.74, 6) is 0.365. The van der Waals surface area contributed by atoms with Gasteiger partial charge in [-0.3, -0.25) is 9.89 Å². The Morgan fingerprint density at radius 2 is 1.96 bits per heavy atom. The molecule has 2 heterocycles.